The Labute approximate surface area is 133 Å². The number of benzene rings is 1. The first-order valence-electron chi connectivity index (χ1n) is 7.53. The lowest BCUT2D eigenvalue weighted by atomic mass is 10.2. The summed E-state index contributed by atoms with van der Waals surface area (Å²) in [5.74, 6) is 1.97. The van der Waals surface area contributed by atoms with Crippen molar-refractivity contribution in [1.29, 1.82) is 0 Å². The molecule has 2 N–H and O–H groups in total. The van der Waals surface area contributed by atoms with Gasteiger partial charge in [-0.15, -0.1) is 0 Å². The molecule has 1 aliphatic heterocycles. The van der Waals surface area contributed by atoms with Crippen molar-refractivity contribution in [2.75, 3.05) is 12.1 Å². The van der Waals surface area contributed by atoms with Gasteiger partial charge in [0.2, 0.25) is 6.79 Å². The van der Waals surface area contributed by atoms with Crippen LogP contribution in [0, 0.1) is 0 Å². The Morgan fingerprint density at radius 1 is 1.17 bits per heavy atom. The van der Waals surface area contributed by atoms with Crippen LogP contribution in [-0.4, -0.2) is 28.7 Å². The first kappa shape index (κ1) is 13.8. The van der Waals surface area contributed by atoms with Crippen molar-refractivity contribution in [1.82, 2.24) is 15.3 Å². The number of carbonyl (C=O) groups is 1. The van der Waals surface area contributed by atoms with Gasteiger partial charge in [0.05, 0.1) is 12.4 Å². The van der Waals surface area contributed by atoms with Crippen LogP contribution in [0.25, 0.3) is 0 Å². The van der Waals surface area contributed by atoms with Crippen molar-refractivity contribution in [2.24, 2.45) is 0 Å². The number of carbonyl (C=O) groups excluding carboxylic acids is 1. The molecule has 118 valence electrons. The van der Waals surface area contributed by atoms with E-state index < -0.39 is 0 Å². The second kappa shape index (κ2) is 5.75. The Morgan fingerprint density at radius 2 is 2.04 bits per heavy atom. The van der Waals surface area contributed by atoms with Crippen LogP contribution < -0.4 is 20.1 Å². The molecular formula is C16H16N4O3. The molecule has 1 aromatic heterocycles. The van der Waals surface area contributed by atoms with E-state index in [0.29, 0.717) is 24.1 Å². The second-order valence-corrected chi connectivity index (χ2v) is 5.58. The minimum absolute atomic E-state index is 0.165. The van der Waals surface area contributed by atoms with Crippen LogP contribution in [0.15, 0.2) is 30.6 Å². The zero-order chi connectivity index (χ0) is 15.6. The van der Waals surface area contributed by atoms with Gasteiger partial charge in [-0.3, -0.25) is 4.79 Å². The molecular weight excluding hydrogens is 296 g/mol. The van der Waals surface area contributed by atoms with E-state index in [0.717, 1.165) is 29.9 Å². The standard InChI is InChI=1S/C16H16N4O3/c21-16(20-11-2-3-11)12-7-19-15(8-17-12)18-6-10-1-4-13-14(5-10)23-9-22-13/h1,4-5,7-8,11H,2-3,6,9H2,(H,18,19)(H,20,21). The highest BCUT2D eigenvalue weighted by Gasteiger charge is 2.24. The summed E-state index contributed by atoms with van der Waals surface area (Å²) in [5, 5.41) is 6.05. The normalized spacial score (nSPS) is 15.3. The predicted molar refractivity (Wildman–Crippen MR) is 82.4 cm³/mol. The summed E-state index contributed by atoms with van der Waals surface area (Å²) in [6, 6.07) is 6.09. The van der Waals surface area contributed by atoms with Gasteiger partial charge in [-0.2, -0.15) is 0 Å². The highest BCUT2D eigenvalue weighted by Crippen LogP contribution is 2.32. The second-order valence-electron chi connectivity index (χ2n) is 5.58. The molecule has 4 rings (SSSR count). The summed E-state index contributed by atoms with van der Waals surface area (Å²) in [6.07, 6.45) is 5.15. The molecule has 7 heteroatoms. The molecule has 1 aromatic carbocycles. The average molecular weight is 312 g/mol. The molecule has 0 saturated heterocycles. The fourth-order valence-corrected chi connectivity index (χ4v) is 2.27. The lowest BCUT2D eigenvalue weighted by molar-refractivity contribution is 0.0945. The van der Waals surface area contributed by atoms with Gasteiger partial charge in [-0.05, 0) is 30.5 Å². The number of hydrogen-bond acceptors (Lipinski definition) is 6. The Kier molecular flexibility index (Phi) is 3.45. The molecule has 2 heterocycles. The molecule has 0 atom stereocenters. The Hall–Kier alpha value is -2.83. The van der Waals surface area contributed by atoms with Crippen LogP contribution in [0.5, 0.6) is 11.5 Å². The van der Waals surface area contributed by atoms with E-state index in [1.54, 1.807) is 6.20 Å². The third kappa shape index (κ3) is 3.18. The lowest BCUT2D eigenvalue weighted by Gasteiger charge is -2.07. The molecule has 1 fully saturated rings. The molecule has 1 amide bonds. The zero-order valence-electron chi connectivity index (χ0n) is 12.4. The van der Waals surface area contributed by atoms with Gasteiger partial charge in [-0.25, -0.2) is 9.97 Å². The number of anilines is 1. The number of aromatic nitrogens is 2. The smallest absolute Gasteiger partial charge is 0.271 e. The monoisotopic (exact) mass is 312 g/mol. The molecule has 1 saturated carbocycles. The lowest BCUT2D eigenvalue weighted by Crippen LogP contribution is -2.26. The third-order valence-corrected chi connectivity index (χ3v) is 3.71. The van der Waals surface area contributed by atoms with Crippen LogP contribution >= 0.6 is 0 Å². The fourth-order valence-electron chi connectivity index (χ4n) is 2.27. The predicted octanol–water partition coefficient (Wildman–Crippen LogP) is 1.71. The van der Waals surface area contributed by atoms with E-state index in [9.17, 15) is 4.79 Å². The van der Waals surface area contributed by atoms with Crippen LogP contribution in [0.2, 0.25) is 0 Å². The molecule has 0 unspecified atom stereocenters. The molecule has 2 aliphatic rings. The van der Waals surface area contributed by atoms with Crippen LogP contribution in [0.3, 0.4) is 0 Å². The molecule has 0 bridgehead atoms. The molecule has 0 radical (unpaired) electrons. The maximum absolute atomic E-state index is 11.8. The number of amides is 1. The van der Waals surface area contributed by atoms with E-state index in [4.69, 9.17) is 9.47 Å². The van der Waals surface area contributed by atoms with Crippen LogP contribution in [0.1, 0.15) is 28.9 Å². The highest BCUT2D eigenvalue weighted by atomic mass is 16.7. The summed E-state index contributed by atoms with van der Waals surface area (Å²) in [4.78, 5) is 20.2. The topological polar surface area (TPSA) is 85.4 Å². The van der Waals surface area contributed by atoms with Gasteiger partial charge in [0.15, 0.2) is 11.5 Å². The van der Waals surface area contributed by atoms with Crippen molar-refractivity contribution in [3.05, 3.63) is 41.9 Å². The largest absolute Gasteiger partial charge is 0.454 e. The van der Waals surface area contributed by atoms with Gasteiger partial charge < -0.3 is 20.1 Å². The maximum Gasteiger partial charge on any atom is 0.271 e. The Bertz CT molecular complexity index is 729. The summed E-state index contributed by atoms with van der Waals surface area (Å²) in [6.45, 7) is 0.848. The van der Waals surface area contributed by atoms with E-state index in [1.807, 2.05) is 18.2 Å². The first-order chi connectivity index (χ1) is 11.3. The average Bonchev–Trinajstić information content (AvgIpc) is 3.27. The number of nitrogens with one attached hydrogen (secondary N) is 2. The number of fused-ring (bicyclic) bond motifs is 1. The van der Waals surface area contributed by atoms with E-state index in [2.05, 4.69) is 20.6 Å². The molecule has 23 heavy (non-hydrogen) atoms. The number of nitrogens with zero attached hydrogens (tertiary/aromatic N) is 2. The molecule has 7 nitrogen and oxygen atoms in total. The maximum atomic E-state index is 11.8. The SMILES string of the molecule is O=C(NC1CC1)c1cnc(NCc2ccc3c(c2)OCO3)cn1. The summed E-state index contributed by atoms with van der Waals surface area (Å²) in [5.41, 5.74) is 1.39. The van der Waals surface area contributed by atoms with Crippen molar-refractivity contribution in [3.63, 3.8) is 0 Å². The number of rotatable bonds is 5. The van der Waals surface area contributed by atoms with Crippen molar-refractivity contribution < 1.29 is 14.3 Å². The summed E-state index contributed by atoms with van der Waals surface area (Å²) < 4.78 is 10.6. The molecule has 0 spiro atoms. The van der Waals surface area contributed by atoms with Crippen LogP contribution in [-0.2, 0) is 6.54 Å². The minimum Gasteiger partial charge on any atom is -0.454 e. The summed E-state index contributed by atoms with van der Waals surface area (Å²) in [7, 11) is 0. The third-order valence-electron chi connectivity index (χ3n) is 3.71. The summed E-state index contributed by atoms with van der Waals surface area (Å²) >= 11 is 0. The minimum atomic E-state index is -0.165. The van der Waals surface area contributed by atoms with E-state index in [-0.39, 0.29) is 12.7 Å². The highest BCUT2D eigenvalue weighted by molar-refractivity contribution is 5.92. The van der Waals surface area contributed by atoms with Gasteiger partial charge >= 0.3 is 0 Å². The van der Waals surface area contributed by atoms with Gasteiger partial charge in [-0.1, -0.05) is 6.07 Å². The van der Waals surface area contributed by atoms with E-state index in [1.165, 1.54) is 6.20 Å². The van der Waals surface area contributed by atoms with E-state index >= 15 is 0 Å². The number of hydrogen-bond donors (Lipinski definition) is 2. The van der Waals surface area contributed by atoms with Crippen molar-refractivity contribution in [2.45, 2.75) is 25.4 Å². The Morgan fingerprint density at radius 3 is 2.83 bits per heavy atom. The van der Waals surface area contributed by atoms with Crippen molar-refractivity contribution in [3.8, 4) is 11.5 Å². The van der Waals surface area contributed by atoms with Crippen molar-refractivity contribution >= 4 is 11.7 Å². The first-order valence-corrected chi connectivity index (χ1v) is 7.53. The van der Waals surface area contributed by atoms with Gasteiger partial charge in [0.25, 0.3) is 5.91 Å². The number of ether oxygens (including phenoxy) is 2. The Balaban J connectivity index is 1.36. The van der Waals surface area contributed by atoms with Gasteiger partial charge in [0, 0.05) is 12.6 Å². The fraction of sp³-hybridized carbons (Fsp3) is 0.312. The molecule has 1 aliphatic carbocycles. The van der Waals surface area contributed by atoms with Gasteiger partial charge in [0.1, 0.15) is 11.5 Å². The molecule has 2 aromatic rings. The quantitative estimate of drug-likeness (QED) is 0.874. The van der Waals surface area contributed by atoms with Crippen LogP contribution in [0.4, 0.5) is 5.82 Å². The zero-order valence-corrected chi connectivity index (χ0v) is 12.4.